The van der Waals surface area contributed by atoms with Crippen LogP contribution in [0.15, 0.2) is 24.4 Å². The molecule has 1 rings (SSSR count). The van der Waals surface area contributed by atoms with E-state index < -0.39 is 23.7 Å². The molecule has 0 saturated heterocycles. The number of halogens is 2. The molecule has 0 aliphatic carbocycles. The second-order valence-electron chi connectivity index (χ2n) is 2.58. The largest absolute Gasteiger partial charge is 0.479 e. The summed E-state index contributed by atoms with van der Waals surface area (Å²) in [6.45, 7) is 0. The number of aromatic nitrogens is 1. The third kappa shape index (κ3) is 1.85. The van der Waals surface area contributed by atoms with Crippen molar-refractivity contribution in [3.05, 3.63) is 30.1 Å². The van der Waals surface area contributed by atoms with Crippen molar-refractivity contribution in [1.82, 2.24) is 4.98 Å². The highest BCUT2D eigenvalue weighted by atomic mass is 19.3. The van der Waals surface area contributed by atoms with Gasteiger partial charge in [-0.1, -0.05) is 6.07 Å². The minimum absolute atomic E-state index is 0.769. The fourth-order valence-corrected chi connectivity index (χ4v) is 0.855. The fourth-order valence-electron chi connectivity index (χ4n) is 0.855. The smallest absolute Gasteiger partial charge is 0.339 e. The highest BCUT2D eigenvalue weighted by Crippen LogP contribution is 2.29. The van der Waals surface area contributed by atoms with Crippen LogP contribution in [0.4, 0.5) is 8.78 Å². The zero-order valence-corrected chi connectivity index (χ0v) is 6.89. The molecule has 0 amide bonds. The first kappa shape index (κ1) is 10.5. The lowest BCUT2D eigenvalue weighted by Crippen LogP contribution is -2.38. The van der Waals surface area contributed by atoms with Crippen molar-refractivity contribution < 1.29 is 23.8 Å². The predicted molar refractivity (Wildman–Crippen MR) is 41.8 cm³/mol. The third-order valence-electron chi connectivity index (χ3n) is 1.58. The molecule has 1 aromatic heterocycles. The monoisotopic (exact) mass is 203 g/mol. The molecule has 14 heavy (non-hydrogen) atoms. The standard InChI is InChI=1S/C8H7F2NO3/c9-8(10,6(12)7(13)14)5-3-1-2-4-11-5/h1-4,6,12H,(H,13,14). The molecule has 0 aliphatic rings. The van der Waals surface area contributed by atoms with Gasteiger partial charge in [0.05, 0.1) is 0 Å². The summed E-state index contributed by atoms with van der Waals surface area (Å²) in [5.74, 6) is -5.87. The summed E-state index contributed by atoms with van der Waals surface area (Å²) < 4.78 is 26.2. The van der Waals surface area contributed by atoms with Gasteiger partial charge in [0.15, 0.2) is 0 Å². The number of hydrogen-bond acceptors (Lipinski definition) is 3. The highest BCUT2D eigenvalue weighted by molar-refractivity contribution is 5.73. The van der Waals surface area contributed by atoms with Crippen LogP contribution in [0.25, 0.3) is 0 Å². The molecule has 6 heteroatoms. The summed E-state index contributed by atoms with van der Waals surface area (Å²) >= 11 is 0. The molecule has 1 unspecified atom stereocenters. The number of aliphatic hydroxyl groups excluding tert-OH is 1. The van der Waals surface area contributed by atoms with Crippen molar-refractivity contribution in [2.75, 3.05) is 0 Å². The van der Waals surface area contributed by atoms with E-state index in [-0.39, 0.29) is 0 Å². The highest BCUT2D eigenvalue weighted by Gasteiger charge is 2.46. The second-order valence-corrected chi connectivity index (χ2v) is 2.58. The number of pyridine rings is 1. The topological polar surface area (TPSA) is 70.4 Å². The average molecular weight is 203 g/mol. The van der Waals surface area contributed by atoms with E-state index >= 15 is 0 Å². The molecule has 1 aromatic rings. The van der Waals surface area contributed by atoms with E-state index in [4.69, 9.17) is 10.2 Å². The number of carboxylic acid groups (broad SMARTS) is 1. The van der Waals surface area contributed by atoms with Crippen molar-refractivity contribution in [1.29, 1.82) is 0 Å². The Hall–Kier alpha value is -1.56. The van der Waals surface area contributed by atoms with Gasteiger partial charge in [0.2, 0.25) is 6.10 Å². The predicted octanol–water partition coefficient (Wildman–Crippen LogP) is 0.619. The van der Waals surface area contributed by atoms with E-state index in [1.165, 1.54) is 12.1 Å². The van der Waals surface area contributed by atoms with Gasteiger partial charge < -0.3 is 10.2 Å². The first-order valence-electron chi connectivity index (χ1n) is 3.66. The first-order chi connectivity index (χ1) is 6.46. The number of nitrogens with zero attached hydrogens (tertiary/aromatic N) is 1. The molecular formula is C8H7F2NO3. The lowest BCUT2D eigenvalue weighted by molar-refractivity contribution is -0.173. The number of aliphatic hydroxyl groups is 1. The van der Waals surface area contributed by atoms with E-state index in [1.807, 2.05) is 0 Å². The zero-order valence-electron chi connectivity index (χ0n) is 6.89. The Labute approximate surface area is 77.8 Å². The van der Waals surface area contributed by atoms with E-state index in [0.717, 1.165) is 12.3 Å². The SMILES string of the molecule is O=C(O)C(O)C(F)(F)c1ccccn1. The maximum atomic E-state index is 13.1. The average Bonchev–Trinajstić information content (AvgIpc) is 2.18. The molecule has 0 fully saturated rings. The molecule has 0 bridgehead atoms. The summed E-state index contributed by atoms with van der Waals surface area (Å²) in [6, 6.07) is 3.64. The van der Waals surface area contributed by atoms with Gasteiger partial charge in [-0.05, 0) is 12.1 Å². The maximum Gasteiger partial charge on any atom is 0.339 e. The van der Waals surface area contributed by atoms with Crippen LogP contribution in [-0.4, -0.2) is 27.3 Å². The Morgan fingerprint density at radius 2 is 2.14 bits per heavy atom. The summed E-state index contributed by atoms with van der Waals surface area (Å²) in [4.78, 5) is 13.4. The Morgan fingerprint density at radius 1 is 1.50 bits per heavy atom. The molecule has 0 aliphatic heterocycles. The van der Waals surface area contributed by atoms with Crippen molar-refractivity contribution >= 4 is 5.97 Å². The summed E-state index contributed by atoms with van der Waals surface area (Å²) in [5.41, 5.74) is -0.769. The lowest BCUT2D eigenvalue weighted by atomic mass is 10.1. The van der Waals surface area contributed by atoms with Crippen LogP contribution >= 0.6 is 0 Å². The second kappa shape index (κ2) is 3.67. The van der Waals surface area contributed by atoms with E-state index in [1.54, 1.807) is 0 Å². The van der Waals surface area contributed by atoms with E-state index in [9.17, 15) is 13.6 Å². The van der Waals surface area contributed by atoms with Crippen molar-refractivity contribution in [3.63, 3.8) is 0 Å². The van der Waals surface area contributed by atoms with Gasteiger partial charge in [0.25, 0.3) is 0 Å². The Morgan fingerprint density at radius 3 is 2.57 bits per heavy atom. The van der Waals surface area contributed by atoms with Gasteiger partial charge >= 0.3 is 11.9 Å². The normalized spacial score (nSPS) is 13.6. The van der Waals surface area contributed by atoms with Gasteiger partial charge in [-0.25, -0.2) is 4.79 Å². The summed E-state index contributed by atoms with van der Waals surface area (Å²) in [5, 5.41) is 16.9. The summed E-state index contributed by atoms with van der Waals surface area (Å²) in [6.07, 6.45) is -1.69. The van der Waals surface area contributed by atoms with Crippen LogP contribution < -0.4 is 0 Å². The maximum absolute atomic E-state index is 13.1. The molecule has 0 saturated carbocycles. The van der Waals surface area contributed by atoms with Gasteiger partial charge in [0.1, 0.15) is 5.69 Å². The minimum Gasteiger partial charge on any atom is -0.479 e. The first-order valence-corrected chi connectivity index (χ1v) is 3.66. The molecule has 0 spiro atoms. The van der Waals surface area contributed by atoms with E-state index in [2.05, 4.69) is 4.98 Å². The van der Waals surface area contributed by atoms with Crippen LogP contribution in [0.5, 0.6) is 0 Å². The third-order valence-corrected chi connectivity index (χ3v) is 1.58. The Kier molecular flexibility index (Phi) is 2.76. The molecule has 0 radical (unpaired) electrons. The van der Waals surface area contributed by atoms with Crippen molar-refractivity contribution in [2.24, 2.45) is 0 Å². The lowest BCUT2D eigenvalue weighted by Gasteiger charge is -2.18. The summed E-state index contributed by atoms with van der Waals surface area (Å²) in [7, 11) is 0. The number of rotatable bonds is 3. The molecule has 2 N–H and O–H groups in total. The Balaban J connectivity index is 3.02. The van der Waals surface area contributed by atoms with Crippen molar-refractivity contribution in [3.8, 4) is 0 Å². The minimum atomic E-state index is -3.88. The number of alkyl halides is 2. The van der Waals surface area contributed by atoms with Crippen LogP contribution in [0.2, 0.25) is 0 Å². The van der Waals surface area contributed by atoms with Gasteiger partial charge in [0, 0.05) is 6.20 Å². The van der Waals surface area contributed by atoms with Crippen LogP contribution in [-0.2, 0) is 10.7 Å². The quantitative estimate of drug-likeness (QED) is 0.755. The molecular weight excluding hydrogens is 196 g/mol. The van der Waals surface area contributed by atoms with Crippen LogP contribution in [0, 0.1) is 0 Å². The molecule has 1 heterocycles. The van der Waals surface area contributed by atoms with Crippen LogP contribution in [0.3, 0.4) is 0 Å². The fraction of sp³-hybridized carbons (Fsp3) is 0.250. The molecule has 0 aromatic carbocycles. The van der Waals surface area contributed by atoms with Gasteiger partial charge in [-0.2, -0.15) is 8.78 Å². The number of carboxylic acids is 1. The molecule has 1 atom stereocenters. The number of aliphatic carboxylic acids is 1. The molecule has 76 valence electrons. The van der Waals surface area contributed by atoms with Crippen molar-refractivity contribution in [2.45, 2.75) is 12.0 Å². The van der Waals surface area contributed by atoms with Gasteiger partial charge in [-0.15, -0.1) is 0 Å². The van der Waals surface area contributed by atoms with Gasteiger partial charge in [-0.3, -0.25) is 4.98 Å². The number of carbonyl (C=O) groups is 1. The Bertz CT molecular complexity index is 329. The van der Waals surface area contributed by atoms with Crippen LogP contribution in [0.1, 0.15) is 5.69 Å². The molecule has 4 nitrogen and oxygen atoms in total. The zero-order chi connectivity index (χ0) is 10.8. The number of hydrogen-bond donors (Lipinski definition) is 2. The van der Waals surface area contributed by atoms with E-state index in [0.29, 0.717) is 0 Å².